The van der Waals surface area contributed by atoms with Crippen molar-refractivity contribution in [2.45, 2.75) is 14.9 Å². The van der Waals surface area contributed by atoms with E-state index in [1.165, 1.54) is 36.5 Å². The van der Waals surface area contributed by atoms with Gasteiger partial charge in [-0.3, -0.25) is 4.72 Å². The van der Waals surface area contributed by atoms with Crippen LogP contribution in [0.15, 0.2) is 26.9 Å². The van der Waals surface area contributed by atoms with Crippen LogP contribution in [0.4, 0.5) is 18.9 Å². The van der Waals surface area contributed by atoms with Gasteiger partial charge in [-0.25, -0.2) is 0 Å². The molecule has 0 bridgehead atoms. The summed E-state index contributed by atoms with van der Waals surface area (Å²) in [6, 6.07) is 2.64. The minimum Gasteiger partial charge on any atom is -0.481 e. The molecule has 0 fully saturated rings. The molecule has 0 aliphatic heterocycles. The molecule has 0 atom stereocenters. The second-order valence-corrected chi connectivity index (χ2v) is 7.84. The first-order valence-corrected chi connectivity index (χ1v) is 9.15. The van der Waals surface area contributed by atoms with Crippen LogP contribution < -0.4 is 14.2 Å². The van der Waals surface area contributed by atoms with Gasteiger partial charge in [-0.2, -0.15) is 31.6 Å². The monoisotopic (exact) mass is 401 g/mol. The van der Waals surface area contributed by atoms with E-state index in [2.05, 4.69) is 9.97 Å². The number of thiophene rings is 1. The molecule has 2 aromatic heterocycles. The lowest BCUT2D eigenvalue weighted by Crippen LogP contribution is -2.29. The topological polar surface area (TPSA) is 90.4 Å². The average Bonchev–Trinajstić information content (AvgIpc) is 2.92. The van der Waals surface area contributed by atoms with Crippen LogP contribution in [0.3, 0.4) is 0 Å². The van der Waals surface area contributed by atoms with Crippen LogP contribution in [0.1, 0.15) is 0 Å². The zero-order valence-corrected chi connectivity index (χ0v) is 14.6. The number of alkyl halides is 3. The van der Waals surface area contributed by atoms with E-state index in [1.54, 1.807) is 0 Å². The summed E-state index contributed by atoms with van der Waals surface area (Å²) in [5, 5.41) is 1.56. The van der Waals surface area contributed by atoms with E-state index >= 15 is 0 Å². The van der Waals surface area contributed by atoms with Gasteiger partial charge in [0.2, 0.25) is 11.8 Å². The number of rotatable bonds is 6. The minimum atomic E-state index is -5.51. The molecular weight excluding hydrogens is 391 g/mol. The first-order chi connectivity index (χ1) is 11.2. The Bertz CT molecular complexity index is 801. The molecular formula is C11H10F3N3O4S3. The zero-order chi connectivity index (χ0) is 18.0. The highest BCUT2D eigenvalue weighted by Crippen LogP contribution is 2.39. The van der Waals surface area contributed by atoms with E-state index < -0.39 is 15.5 Å². The van der Waals surface area contributed by atoms with E-state index in [0.717, 1.165) is 23.1 Å². The standard InChI is InChI=1S/C11H10F3N3O4S3/c1-20-7-5-8(21-2)16-10(15-7)23-9-6(3-4-22-9)17-24(18,19)11(12,13)14/h3-5,17H,1-2H3. The number of sulfonamides is 1. The second kappa shape index (κ2) is 7.03. The van der Waals surface area contributed by atoms with Gasteiger partial charge in [0.05, 0.1) is 30.2 Å². The summed E-state index contributed by atoms with van der Waals surface area (Å²) in [6.07, 6.45) is 0. The summed E-state index contributed by atoms with van der Waals surface area (Å²) in [5.41, 5.74) is -5.63. The molecule has 0 spiro atoms. The summed E-state index contributed by atoms with van der Waals surface area (Å²) in [5.74, 6) is 0.386. The Morgan fingerprint density at radius 3 is 2.29 bits per heavy atom. The van der Waals surface area contributed by atoms with Gasteiger partial charge in [-0.1, -0.05) is 0 Å². The Morgan fingerprint density at radius 1 is 1.21 bits per heavy atom. The van der Waals surface area contributed by atoms with E-state index in [9.17, 15) is 21.6 Å². The Balaban J connectivity index is 2.29. The molecule has 7 nitrogen and oxygen atoms in total. The molecule has 0 aliphatic carbocycles. The summed E-state index contributed by atoms with van der Waals surface area (Å²) in [6.45, 7) is 0. The van der Waals surface area contributed by atoms with Gasteiger partial charge >= 0.3 is 15.5 Å². The van der Waals surface area contributed by atoms with Gasteiger partial charge in [-0.05, 0) is 23.2 Å². The van der Waals surface area contributed by atoms with Gasteiger partial charge < -0.3 is 9.47 Å². The van der Waals surface area contributed by atoms with Crippen molar-refractivity contribution >= 4 is 38.8 Å². The number of methoxy groups -OCH3 is 2. The molecule has 13 heteroatoms. The molecule has 0 aliphatic rings. The second-order valence-electron chi connectivity index (χ2n) is 4.01. The lowest BCUT2D eigenvalue weighted by Gasteiger charge is -2.11. The van der Waals surface area contributed by atoms with E-state index in [1.807, 2.05) is 0 Å². The van der Waals surface area contributed by atoms with E-state index in [-0.39, 0.29) is 26.8 Å². The van der Waals surface area contributed by atoms with Crippen LogP contribution in [0, 0.1) is 0 Å². The van der Waals surface area contributed by atoms with Crippen LogP contribution in [-0.4, -0.2) is 38.1 Å². The zero-order valence-electron chi connectivity index (χ0n) is 12.1. The van der Waals surface area contributed by atoms with Crippen LogP contribution in [-0.2, 0) is 10.0 Å². The largest absolute Gasteiger partial charge is 0.516 e. The number of nitrogens with zero attached hydrogens (tertiary/aromatic N) is 2. The summed E-state index contributed by atoms with van der Waals surface area (Å²) in [4.78, 5) is 8.04. The molecule has 0 saturated carbocycles. The number of anilines is 1. The summed E-state index contributed by atoms with van der Waals surface area (Å²) >= 11 is 1.90. The highest BCUT2D eigenvalue weighted by Gasteiger charge is 2.46. The molecule has 2 heterocycles. The molecule has 0 amide bonds. The number of hydrogen-bond donors (Lipinski definition) is 1. The molecule has 2 aromatic rings. The minimum absolute atomic E-state index is 0.126. The number of aromatic nitrogens is 2. The molecule has 132 valence electrons. The normalized spacial score (nSPS) is 12.0. The summed E-state index contributed by atoms with van der Waals surface area (Å²) in [7, 11) is -2.75. The Labute approximate surface area is 143 Å². The Hall–Kier alpha value is -1.73. The highest BCUT2D eigenvalue weighted by molar-refractivity contribution is 8.01. The number of hydrogen-bond acceptors (Lipinski definition) is 8. The fourth-order valence-electron chi connectivity index (χ4n) is 1.37. The third kappa shape index (κ3) is 4.21. The van der Waals surface area contributed by atoms with Crippen LogP contribution in [0.25, 0.3) is 0 Å². The van der Waals surface area contributed by atoms with E-state index in [0.29, 0.717) is 0 Å². The molecule has 1 N–H and O–H groups in total. The molecule has 0 aromatic carbocycles. The smallest absolute Gasteiger partial charge is 0.481 e. The molecule has 0 saturated heterocycles. The van der Waals surface area contributed by atoms with Gasteiger partial charge in [0.15, 0.2) is 5.16 Å². The Morgan fingerprint density at radius 2 is 1.79 bits per heavy atom. The van der Waals surface area contributed by atoms with Crippen LogP contribution in [0.2, 0.25) is 0 Å². The van der Waals surface area contributed by atoms with Crippen molar-refractivity contribution in [3.63, 3.8) is 0 Å². The van der Waals surface area contributed by atoms with Crippen LogP contribution in [0.5, 0.6) is 11.8 Å². The number of ether oxygens (including phenoxy) is 2. The fourth-order valence-corrected chi connectivity index (χ4v) is 3.90. The molecule has 2 rings (SSSR count). The fraction of sp³-hybridized carbons (Fsp3) is 0.273. The SMILES string of the molecule is COc1cc(OC)nc(Sc2sccc2NS(=O)(=O)C(F)(F)F)n1. The van der Waals surface area contributed by atoms with E-state index in [4.69, 9.17) is 9.47 Å². The highest BCUT2D eigenvalue weighted by atomic mass is 32.2. The molecule has 24 heavy (non-hydrogen) atoms. The predicted octanol–water partition coefficient (Wildman–Crippen LogP) is 2.97. The maximum atomic E-state index is 12.5. The van der Waals surface area contributed by atoms with Crippen molar-refractivity contribution in [3.8, 4) is 11.8 Å². The third-order valence-corrected chi connectivity index (χ3v) is 5.55. The van der Waals surface area contributed by atoms with Crippen molar-refractivity contribution < 1.29 is 31.1 Å². The Kier molecular flexibility index (Phi) is 5.45. The van der Waals surface area contributed by atoms with Crippen molar-refractivity contribution in [1.82, 2.24) is 9.97 Å². The van der Waals surface area contributed by atoms with Crippen LogP contribution >= 0.6 is 23.1 Å². The predicted molar refractivity (Wildman–Crippen MR) is 82.2 cm³/mol. The maximum Gasteiger partial charge on any atom is 0.516 e. The lowest BCUT2D eigenvalue weighted by atomic mass is 10.6. The molecule has 0 unspecified atom stereocenters. The maximum absolute atomic E-state index is 12.5. The van der Waals surface area contributed by atoms with Gasteiger partial charge in [0, 0.05) is 0 Å². The van der Waals surface area contributed by atoms with Crippen molar-refractivity contribution in [2.75, 3.05) is 18.9 Å². The first-order valence-electron chi connectivity index (χ1n) is 5.98. The first kappa shape index (κ1) is 18.6. The van der Waals surface area contributed by atoms with Gasteiger partial charge in [-0.15, -0.1) is 11.3 Å². The summed E-state index contributed by atoms with van der Waals surface area (Å²) < 4.78 is 71.5. The van der Waals surface area contributed by atoms with Crippen molar-refractivity contribution in [3.05, 3.63) is 17.5 Å². The van der Waals surface area contributed by atoms with Gasteiger partial charge in [0.25, 0.3) is 0 Å². The average molecular weight is 401 g/mol. The third-order valence-electron chi connectivity index (χ3n) is 2.44. The van der Waals surface area contributed by atoms with Crippen molar-refractivity contribution in [1.29, 1.82) is 0 Å². The molecule has 0 radical (unpaired) electrons. The lowest BCUT2D eigenvalue weighted by molar-refractivity contribution is -0.0429. The van der Waals surface area contributed by atoms with Crippen molar-refractivity contribution in [2.24, 2.45) is 0 Å². The quantitative estimate of drug-likeness (QED) is 0.744. The number of nitrogens with one attached hydrogen (secondary N) is 1. The van der Waals surface area contributed by atoms with Gasteiger partial charge in [0.1, 0.15) is 0 Å². The number of halogens is 3.